The predicted octanol–water partition coefficient (Wildman–Crippen LogP) is 4.66. The molecule has 1 saturated heterocycles. The first kappa shape index (κ1) is 20.6. The van der Waals surface area contributed by atoms with Crippen LogP contribution in [0.25, 0.3) is 10.9 Å². The standard InChI is InChI=1S/C21H18BrNO6S/c22-14-9-15-17(11-23(21(26)27)19(15)16(10-14)20(24)25)13-6-7-30(28,29)18(8-13)12-4-2-1-3-5-12/h1-5,9-11,13,18H,6-8H2,(H,24,25)(H,26,27). The molecule has 9 heteroatoms. The Bertz CT molecular complexity index is 1270. The van der Waals surface area contributed by atoms with Gasteiger partial charge in [-0.15, -0.1) is 0 Å². The SMILES string of the molecule is O=C(O)c1cc(Br)cc2c(C3CCS(=O)(=O)C(c4ccccc4)C3)cn(C(=O)O)c12. The largest absolute Gasteiger partial charge is 0.478 e. The molecule has 0 radical (unpaired) electrons. The van der Waals surface area contributed by atoms with E-state index < -0.39 is 27.1 Å². The number of aromatic carboxylic acids is 1. The molecule has 2 aromatic carbocycles. The Kier molecular flexibility index (Phi) is 5.19. The molecule has 1 aliphatic heterocycles. The third-order valence-electron chi connectivity index (χ3n) is 5.63. The van der Waals surface area contributed by atoms with E-state index in [1.54, 1.807) is 30.3 Å². The number of carboxylic acids is 1. The Morgan fingerprint density at radius 3 is 2.43 bits per heavy atom. The first-order valence-electron chi connectivity index (χ1n) is 9.26. The van der Waals surface area contributed by atoms with Crippen molar-refractivity contribution < 1.29 is 28.2 Å². The fourth-order valence-electron chi connectivity index (χ4n) is 4.26. The van der Waals surface area contributed by atoms with Crippen LogP contribution in [0.3, 0.4) is 0 Å². The molecule has 2 unspecified atom stereocenters. The van der Waals surface area contributed by atoms with Crippen LogP contribution >= 0.6 is 15.9 Å². The van der Waals surface area contributed by atoms with Crippen LogP contribution in [-0.4, -0.2) is 41.0 Å². The van der Waals surface area contributed by atoms with Crippen LogP contribution in [0.2, 0.25) is 0 Å². The van der Waals surface area contributed by atoms with Gasteiger partial charge in [-0.25, -0.2) is 18.0 Å². The van der Waals surface area contributed by atoms with E-state index in [1.165, 1.54) is 12.3 Å². The lowest BCUT2D eigenvalue weighted by molar-refractivity contribution is 0.0698. The van der Waals surface area contributed by atoms with Crippen molar-refractivity contribution in [2.45, 2.75) is 24.0 Å². The van der Waals surface area contributed by atoms with Crippen molar-refractivity contribution in [3.63, 3.8) is 0 Å². The summed E-state index contributed by atoms with van der Waals surface area (Å²) in [6.07, 6.45) is 0.787. The molecule has 0 saturated carbocycles. The number of rotatable bonds is 3. The molecule has 2 heterocycles. The van der Waals surface area contributed by atoms with Crippen molar-refractivity contribution in [3.8, 4) is 0 Å². The first-order valence-corrected chi connectivity index (χ1v) is 11.8. The lowest BCUT2D eigenvalue weighted by Gasteiger charge is -2.29. The fraction of sp³-hybridized carbons (Fsp3) is 0.238. The molecule has 1 aliphatic rings. The molecule has 0 bridgehead atoms. The average molecular weight is 492 g/mol. The Hall–Kier alpha value is -2.65. The van der Waals surface area contributed by atoms with Crippen molar-refractivity contribution in [2.24, 2.45) is 0 Å². The topological polar surface area (TPSA) is 114 Å². The Morgan fingerprint density at radius 2 is 1.80 bits per heavy atom. The van der Waals surface area contributed by atoms with Crippen LogP contribution in [0.4, 0.5) is 4.79 Å². The molecule has 7 nitrogen and oxygen atoms in total. The fourth-order valence-corrected chi connectivity index (χ4v) is 6.71. The van der Waals surface area contributed by atoms with Crippen LogP contribution in [0, 0.1) is 0 Å². The molecule has 30 heavy (non-hydrogen) atoms. The summed E-state index contributed by atoms with van der Waals surface area (Å²) in [4.78, 5) is 23.6. The monoisotopic (exact) mass is 491 g/mol. The van der Waals surface area contributed by atoms with Gasteiger partial charge in [0.05, 0.1) is 22.1 Å². The maximum atomic E-state index is 12.7. The van der Waals surface area contributed by atoms with E-state index in [9.17, 15) is 28.2 Å². The zero-order chi connectivity index (χ0) is 21.6. The zero-order valence-electron chi connectivity index (χ0n) is 15.7. The maximum Gasteiger partial charge on any atom is 0.416 e. The zero-order valence-corrected chi connectivity index (χ0v) is 18.1. The second-order valence-electron chi connectivity index (χ2n) is 7.38. The summed E-state index contributed by atoms with van der Waals surface area (Å²) in [6.45, 7) is 0. The van der Waals surface area contributed by atoms with Gasteiger partial charge >= 0.3 is 12.1 Å². The normalized spacial score (nSPS) is 20.8. The number of fused-ring (bicyclic) bond motifs is 1. The summed E-state index contributed by atoms with van der Waals surface area (Å²) in [5, 5.41) is 19.0. The minimum atomic E-state index is -3.34. The number of halogens is 1. The van der Waals surface area contributed by atoms with Gasteiger partial charge in [0.25, 0.3) is 0 Å². The minimum absolute atomic E-state index is 0.0171. The van der Waals surface area contributed by atoms with Crippen molar-refractivity contribution >= 4 is 48.7 Å². The molecule has 1 aromatic heterocycles. The van der Waals surface area contributed by atoms with E-state index in [0.29, 0.717) is 33.8 Å². The highest BCUT2D eigenvalue weighted by molar-refractivity contribution is 9.10. The van der Waals surface area contributed by atoms with E-state index in [-0.39, 0.29) is 22.8 Å². The molecule has 0 amide bonds. The Balaban J connectivity index is 1.87. The number of hydrogen-bond acceptors (Lipinski definition) is 4. The van der Waals surface area contributed by atoms with Crippen LogP contribution in [0.5, 0.6) is 0 Å². The second kappa shape index (κ2) is 7.55. The molecule has 2 N–H and O–H groups in total. The van der Waals surface area contributed by atoms with E-state index in [2.05, 4.69) is 15.9 Å². The van der Waals surface area contributed by atoms with Crippen molar-refractivity contribution in [3.05, 3.63) is 69.8 Å². The number of carboxylic acid groups (broad SMARTS) is 2. The molecule has 156 valence electrons. The smallest absolute Gasteiger partial charge is 0.416 e. The number of nitrogens with zero attached hydrogens (tertiary/aromatic N) is 1. The number of aromatic nitrogens is 1. The number of hydrogen-bond donors (Lipinski definition) is 2. The molecule has 4 rings (SSSR count). The average Bonchev–Trinajstić information content (AvgIpc) is 3.07. The molecular weight excluding hydrogens is 474 g/mol. The maximum absolute atomic E-state index is 12.7. The van der Waals surface area contributed by atoms with Gasteiger partial charge in [-0.3, -0.25) is 4.57 Å². The molecule has 2 atom stereocenters. The van der Waals surface area contributed by atoms with E-state index in [4.69, 9.17) is 0 Å². The number of carbonyl (C=O) groups is 2. The summed E-state index contributed by atoms with van der Waals surface area (Å²) < 4.78 is 26.9. The van der Waals surface area contributed by atoms with Gasteiger partial charge in [-0.1, -0.05) is 46.3 Å². The summed E-state index contributed by atoms with van der Waals surface area (Å²) >= 11 is 3.31. The summed E-state index contributed by atoms with van der Waals surface area (Å²) in [6, 6.07) is 12.0. The highest BCUT2D eigenvalue weighted by Gasteiger charge is 2.37. The summed E-state index contributed by atoms with van der Waals surface area (Å²) in [5.74, 6) is -1.48. The number of sulfone groups is 1. The minimum Gasteiger partial charge on any atom is -0.478 e. The summed E-state index contributed by atoms with van der Waals surface area (Å²) in [5.41, 5.74) is 1.32. The van der Waals surface area contributed by atoms with Gasteiger partial charge in [0.1, 0.15) is 0 Å². The first-order chi connectivity index (χ1) is 14.2. The van der Waals surface area contributed by atoms with Crippen LogP contribution < -0.4 is 0 Å². The van der Waals surface area contributed by atoms with Crippen molar-refractivity contribution in [2.75, 3.05) is 5.75 Å². The molecule has 0 aliphatic carbocycles. The van der Waals surface area contributed by atoms with Gasteiger partial charge in [0.2, 0.25) is 0 Å². The Morgan fingerprint density at radius 1 is 1.10 bits per heavy atom. The molecule has 3 aromatic rings. The number of benzene rings is 2. The van der Waals surface area contributed by atoms with Gasteiger partial charge < -0.3 is 10.2 Å². The second-order valence-corrected chi connectivity index (χ2v) is 10.6. The molecule has 0 spiro atoms. The lowest BCUT2D eigenvalue weighted by atomic mass is 9.89. The highest BCUT2D eigenvalue weighted by Crippen LogP contribution is 2.44. The van der Waals surface area contributed by atoms with E-state index in [0.717, 1.165) is 4.57 Å². The highest BCUT2D eigenvalue weighted by atomic mass is 79.9. The Labute approximate surface area is 181 Å². The third kappa shape index (κ3) is 3.52. The summed E-state index contributed by atoms with van der Waals surface area (Å²) in [7, 11) is -3.34. The van der Waals surface area contributed by atoms with Crippen molar-refractivity contribution in [1.29, 1.82) is 0 Å². The van der Waals surface area contributed by atoms with Gasteiger partial charge in [-0.2, -0.15) is 0 Å². The van der Waals surface area contributed by atoms with Crippen molar-refractivity contribution in [1.82, 2.24) is 4.57 Å². The van der Waals surface area contributed by atoms with Gasteiger partial charge in [-0.05, 0) is 42.0 Å². The van der Waals surface area contributed by atoms with Gasteiger partial charge in [0.15, 0.2) is 9.84 Å². The van der Waals surface area contributed by atoms with Crippen LogP contribution in [0.1, 0.15) is 45.5 Å². The quantitative estimate of drug-likeness (QED) is 0.550. The molecule has 1 fully saturated rings. The predicted molar refractivity (Wildman–Crippen MR) is 115 cm³/mol. The van der Waals surface area contributed by atoms with E-state index in [1.807, 2.05) is 6.07 Å². The van der Waals surface area contributed by atoms with Crippen LogP contribution in [-0.2, 0) is 9.84 Å². The van der Waals surface area contributed by atoms with E-state index >= 15 is 0 Å². The molecular formula is C21H18BrNO6S. The van der Waals surface area contributed by atoms with Gasteiger partial charge in [0, 0.05) is 16.1 Å². The lowest BCUT2D eigenvalue weighted by Crippen LogP contribution is -2.26. The van der Waals surface area contributed by atoms with Crippen LogP contribution in [0.15, 0.2) is 53.1 Å². The third-order valence-corrected chi connectivity index (χ3v) is 8.22.